The fraction of sp³-hybridized carbons (Fsp3) is 0.385. The lowest BCUT2D eigenvalue weighted by Crippen LogP contribution is -2.42. The number of rotatable bonds is 4. The third-order valence-corrected chi connectivity index (χ3v) is 3.03. The Bertz CT molecular complexity index is 446. The van der Waals surface area contributed by atoms with Crippen molar-refractivity contribution >= 4 is 12.1 Å². The van der Waals surface area contributed by atoms with Crippen LogP contribution in [0.25, 0.3) is 0 Å². The molecule has 0 saturated carbocycles. The van der Waals surface area contributed by atoms with Gasteiger partial charge in [0.05, 0.1) is 6.54 Å². The number of carboxylic acid groups (broad SMARTS) is 1. The molecule has 96 valence electrons. The summed E-state index contributed by atoms with van der Waals surface area (Å²) in [6.07, 6.45) is -0.634. The molecule has 2 rings (SSSR count). The second-order valence-corrected chi connectivity index (χ2v) is 4.23. The zero-order valence-electron chi connectivity index (χ0n) is 10.1. The number of carbonyl (C=O) groups excluding carboxylic acids is 1. The molecule has 0 bridgehead atoms. The maximum Gasteiger partial charge on any atom is 0.411 e. The van der Waals surface area contributed by atoms with E-state index < -0.39 is 24.2 Å². The predicted octanol–water partition coefficient (Wildman–Crippen LogP) is 1.87. The van der Waals surface area contributed by atoms with Crippen molar-refractivity contribution in [3.63, 3.8) is 0 Å². The highest BCUT2D eigenvalue weighted by molar-refractivity contribution is 5.83. The molecule has 1 aromatic carbocycles. The smallest absolute Gasteiger partial charge is 0.411 e. The molecular weight excluding hydrogens is 234 g/mol. The van der Waals surface area contributed by atoms with Crippen LogP contribution in [0.2, 0.25) is 0 Å². The van der Waals surface area contributed by atoms with Crippen molar-refractivity contribution in [2.75, 3.05) is 0 Å². The highest BCUT2D eigenvalue weighted by Gasteiger charge is 2.45. The topological polar surface area (TPSA) is 66.8 Å². The molecule has 5 heteroatoms. The van der Waals surface area contributed by atoms with Crippen LogP contribution in [0.5, 0.6) is 0 Å². The maximum atomic E-state index is 11.7. The van der Waals surface area contributed by atoms with Gasteiger partial charge in [0.15, 0.2) is 6.04 Å². The summed E-state index contributed by atoms with van der Waals surface area (Å²) < 4.78 is 5.08. The summed E-state index contributed by atoms with van der Waals surface area (Å²) in [7, 11) is 0. The highest BCUT2D eigenvalue weighted by Crippen LogP contribution is 2.24. The third-order valence-electron chi connectivity index (χ3n) is 3.03. The SMILES string of the molecule is CC[C@H]1OC(=O)N(Cc2ccccc2)[C@@H]1C(=O)O. The summed E-state index contributed by atoms with van der Waals surface area (Å²) in [5.41, 5.74) is 0.887. The molecule has 0 radical (unpaired) electrons. The first-order valence-electron chi connectivity index (χ1n) is 5.87. The first-order chi connectivity index (χ1) is 8.63. The number of nitrogens with zero attached hydrogens (tertiary/aromatic N) is 1. The fourth-order valence-electron chi connectivity index (χ4n) is 2.12. The number of carbonyl (C=O) groups is 2. The van der Waals surface area contributed by atoms with Crippen molar-refractivity contribution in [2.45, 2.75) is 32.0 Å². The van der Waals surface area contributed by atoms with Gasteiger partial charge in [0.25, 0.3) is 0 Å². The molecule has 1 fully saturated rings. The van der Waals surface area contributed by atoms with E-state index >= 15 is 0 Å². The molecule has 1 aromatic rings. The van der Waals surface area contributed by atoms with Crippen LogP contribution in [0.1, 0.15) is 18.9 Å². The van der Waals surface area contributed by atoms with Gasteiger partial charge in [-0.2, -0.15) is 0 Å². The van der Waals surface area contributed by atoms with E-state index in [2.05, 4.69) is 0 Å². The lowest BCUT2D eigenvalue weighted by Gasteiger charge is -2.20. The minimum Gasteiger partial charge on any atom is -0.480 e. The van der Waals surface area contributed by atoms with Gasteiger partial charge in [0.2, 0.25) is 0 Å². The number of aliphatic carboxylic acids is 1. The molecule has 1 saturated heterocycles. The Balaban J connectivity index is 2.19. The summed E-state index contributed by atoms with van der Waals surface area (Å²) in [4.78, 5) is 24.2. The van der Waals surface area contributed by atoms with E-state index in [1.807, 2.05) is 30.3 Å². The molecule has 1 N–H and O–H groups in total. The average Bonchev–Trinajstić information content (AvgIpc) is 2.67. The normalized spacial score (nSPS) is 22.9. The molecule has 5 nitrogen and oxygen atoms in total. The first kappa shape index (κ1) is 12.4. The molecule has 1 aliphatic heterocycles. The fourth-order valence-corrected chi connectivity index (χ4v) is 2.12. The Hall–Kier alpha value is -2.04. The summed E-state index contributed by atoms with van der Waals surface area (Å²) in [5, 5.41) is 9.21. The number of hydrogen-bond donors (Lipinski definition) is 1. The molecule has 0 spiro atoms. The molecule has 2 atom stereocenters. The number of carboxylic acids is 1. The molecule has 0 aliphatic carbocycles. The third kappa shape index (κ3) is 2.30. The molecule has 0 aromatic heterocycles. The second-order valence-electron chi connectivity index (χ2n) is 4.23. The number of benzene rings is 1. The summed E-state index contributed by atoms with van der Waals surface area (Å²) in [5.74, 6) is -1.02. The van der Waals surface area contributed by atoms with Crippen molar-refractivity contribution in [3.05, 3.63) is 35.9 Å². The van der Waals surface area contributed by atoms with Gasteiger partial charge in [-0.05, 0) is 12.0 Å². The van der Waals surface area contributed by atoms with E-state index in [-0.39, 0.29) is 6.54 Å². The van der Waals surface area contributed by atoms with E-state index in [1.165, 1.54) is 4.90 Å². The zero-order valence-corrected chi connectivity index (χ0v) is 10.1. The Kier molecular flexibility index (Phi) is 3.50. The van der Waals surface area contributed by atoms with E-state index in [0.29, 0.717) is 6.42 Å². The van der Waals surface area contributed by atoms with Crippen LogP contribution in [0, 0.1) is 0 Å². The van der Waals surface area contributed by atoms with Crippen LogP contribution in [-0.2, 0) is 16.1 Å². The second kappa shape index (κ2) is 5.08. The summed E-state index contributed by atoms with van der Waals surface area (Å²) in [6, 6.07) is 8.38. The van der Waals surface area contributed by atoms with E-state index in [1.54, 1.807) is 6.92 Å². The number of amides is 1. The van der Waals surface area contributed by atoms with Crippen LogP contribution in [-0.4, -0.2) is 34.2 Å². The van der Waals surface area contributed by atoms with Gasteiger partial charge in [-0.1, -0.05) is 37.3 Å². The van der Waals surface area contributed by atoms with Gasteiger partial charge in [-0.25, -0.2) is 9.59 Å². The van der Waals surface area contributed by atoms with Crippen molar-refractivity contribution < 1.29 is 19.4 Å². The molecular formula is C13H15NO4. The monoisotopic (exact) mass is 249 g/mol. The van der Waals surface area contributed by atoms with Crippen LogP contribution >= 0.6 is 0 Å². The largest absolute Gasteiger partial charge is 0.480 e. The van der Waals surface area contributed by atoms with E-state index in [9.17, 15) is 14.7 Å². The minimum atomic E-state index is -1.02. The van der Waals surface area contributed by atoms with Gasteiger partial charge < -0.3 is 9.84 Å². The Morgan fingerprint density at radius 3 is 2.61 bits per heavy atom. The zero-order chi connectivity index (χ0) is 13.1. The van der Waals surface area contributed by atoms with Crippen LogP contribution < -0.4 is 0 Å². The van der Waals surface area contributed by atoms with Gasteiger partial charge in [-0.3, -0.25) is 4.90 Å². The average molecular weight is 249 g/mol. The molecule has 1 amide bonds. The lowest BCUT2D eigenvalue weighted by atomic mass is 10.1. The number of hydrogen-bond acceptors (Lipinski definition) is 3. The number of cyclic esters (lactones) is 1. The summed E-state index contributed by atoms with van der Waals surface area (Å²) in [6.45, 7) is 2.06. The standard InChI is InChI=1S/C13H15NO4/c1-2-10-11(12(15)16)14(13(17)18-10)8-9-6-4-3-5-7-9/h3-7,10-11H,2,8H2,1H3,(H,15,16)/t10-,11+/m1/s1. The van der Waals surface area contributed by atoms with Gasteiger partial charge in [-0.15, -0.1) is 0 Å². The summed E-state index contributed by atoms with van der Waals surface area (Å²) >= 11 is 0. The maximum absolute atomic E-state index is 11.7. The molecule has 1 heterocycles. The van der Waals surface area contributed by atoms with Crippen molar-refractivity contribution in [1.82, 2.24) is 4.90 Å². The molecule has 1 aliphatic rings. The highest BCUT2D eigenvalue weighted by atomic mass is 16.6. The first-order valence-corrected chi connectivity index (χ1v) is 5.87. The van der Waals surface area contributed by atoms with Crippen LogP contribution in [0.4, 0.5) is 4.79 Å². The van der Waals surface area contributed by atoms with Gasteiger partial charge in [0, 0.05) is 0 Å². The Labute approximate surface area is 105 Å². The quantitative estimate of drug-likeness (QED) is 0.884. The van der Waals surface area contributed by atoms with E-state index in [4.69, 9.17) is 4.74 Å². The number of ether oxygens (including phenoxy) is 1. The Morgan fingerprint density at radius 2 is 2.06 bits per heavy atom. The van der Waals surface area contributed by atoms with Crippen LogP contribution in [0.3, 0.4) is 0 Å². The van der Waals surface area contributed by atoms with Crippen molar-refractivity contribution in [1.29, 1.82) is 0 Å². The van der Waals surface area contributed by atoms with Gasteiger partial charge in [0.1, 0.15) is 6.10 Å². The van der Waals surface area contributed by atoms with E-state index in [0.717, 1.165) is 5.56 Å². The molecule has 18 heavy (non-hydrogen) atoms. The predicted molar refractivity (Wildman–Crippen MR) is 64.0 cm³/mol. The molecule has 0 unspecified atom stereocenters. The lowest BCUT2D eigenvalue weighted by molar-refractivity contribution is -0.143. The van der Waals surface area contributed by atoms with Crippen molar-refractivity contribution in [2.24, 2.45) is 0 Å². The minimum absolute atomic E-state index is 0.257. The Morgan fingerprint density at radius 1 is 1.39 bits per heavy atom. The van der Waals surface area contributed by atoms with Crippen molar-refractivity contribution in [3.8, 4) is 0 Å². The van der Waals surface area contributed by atoms with Crippen LogP contribution in [0.15, 0.2) is 30.3 Å². The van der Waals surface area contributed by atoms with Gasteiger partial charge >= 0.3 is 12.1 Å².